The Morgan fingerprint density at radius 2 is 2.03 bits per heavy atom. The number of benzene rings is 1. The maximum Gasteiger partial charge on any atom is 0.225 e. The van der Waals surface area contributed by atoms with E-state index in [1.165, 1.54) is 0 Å². The first-order valence-corrected chi connectivity index (χ1v) is 12.3. The molecule has 3 atom stereocenters. The Hall–Kier alpha value is -2.36. The highest BCUT2D eigenvalue weighted by molar-refractivity contribution is 7.13. The van der Waals surface area contributed by atoms with Crippen LogP contribution in [-0.4, -0.2) is 72.9 Å². The molecule has 1 aromatic heterocycles. The van der Waals surface area contributed by atoms with Gasteiger partial charge in [0.25, 0.3) is 0 Å². The zero-order valence-corrected chi connectivity index (χ0v) is 18.9. The Kier molecular flexibility index (Phi) is 6.47. The molecule has 1 aromatic carbocycles. The van der Waals surface area contributed by atoms with Gasteiger partial charge >= 0.3 is 0 Å². The van der Waals surface area contributed by atoms with Crippen molar-refractivity contribution in [1.29, 1.82) is 0 Å². The summed E-state index contributed by atoms with van der Waals surface area (Å²) in [5.41, 5.74) is 0.731. The van der Waals surface area contributed by atoms with Crippen molar-refractivity contribution in [2.75, 3.05) is 50.8 Å². The van der Waals surface area contributed by atoms with Crippen LogP contribution in [-0.2, 0) is 4.79 Å². The van der Waals surface area contributed by atoms with Gasteiger partial charge < -0.3 is 29.7 Å². The van der Waals surface area contributed by atoms with E-state index in [0.29, 0.717) is 37.8 Å². The van der Waals surface area contributed by atoms with E-state index in [2.05, 4.69) is 20.1 Å². The van der Waals surface area contributed by atoms with Gasteiger partial charge in [-0.3, -0.25) is 4.79 Å². The summed E-state index contributed by atoms with van der Waals surface area (Å²) in [7, 11) is 0. The molecule has 2 aromatic rings. The molecule has 0 radical (unpaired) electrons. The topological polar surface area (TPSA) is 87.2 Å². The summed E-state index contributed by atoms with van der Waals surface area (Å²) in [5, 5.41) is 17.4. The third-order valence-corrected chi connectivity index (χ3v) is 7.35. The largest absolute Gasteiger partial charge is 0.486 e. The number of likely N-dealkylation sites (tertiary alicyclic amines) is 1. The van der Waals surface area contributed by atoms with Gasteiger partial charge in [0.15, 0.2) is 16.6 Å². The number of rotatable bonds is 7. The molecule has 1 amide bonds. The zero-order chi connectivity index (χ0) is 21.9. The van der Waals surface area contributed by atoms with E-state index in [4.69, 9.17) is 9.47 Å². The van der Waals surface area contributed by atoms with E-state index >= 15 is 0 Å². The van der Waals surface area contributed by atoms with Gasteiger partial charge in [0, 0.05) is 31.2 Å². The molecule has 172 valence electrons. The molecule has 0 aliphatic carbocycles. The lowest BCUT2D eigenvalue weighted by Crippen LogP contribution is -2.48. The predicted octanol–water partition coefficient (Wildman–Crippen LogP) is 2.05. The summed E-state index contributed by atoms with van der Waals surface area (Å²) in [6, 6.07) is 5.14. The molecular formula is C23H30N4O4S. The molecule has 2 saturated heterocycles. The summed E-state index contributed by atoms with van der Waals surface area (Å²) >= 11 is 1.60. The van der Waals surface area contributed by atoms with Crippen LogP contribution in [0.1, 0.15) is 30.9 Å². The highest BCUT2D eigenvalue weighted by Gasteiger charge is 2.33. The number of hydrogen-bond acceptors (Lipinski definition) is 8. The minimum absolute atomic E-state index is 0.00449. The van der Waals surface area contributed by atoms with Crippen molar-refractivity contribution < 1.29 is 19.4 Å². The normalized spacial score (nSPS) is 22.7. The maximum atomic E-state index is 13.2. The van der Waals surface area contributed by atoms with Crippen molar-refractivity contribution in [1.82, 2.24) is 15.2 Å². The highest BCUT2D eigenvalue weighted by Crippen LogP contribution is 2.34. The fourth-order valence-corrected chi connectivity index (χ4v) is 5.44. The molecule has 5 rings (SSSR count). The third kappa shape index (κ3) is 4.69. The summed E-state index contributed by atoms with van der Waals surface area (Å²) < 4.78 is 11.3. The van der Waals surface area contributed by atoms with E-state index in [9.17, 15) is 9.90 Å². The van der Waals surface area contributed by atoms with E-state index in [-0.39, 0.29) is 11.8 Å². The molecule has 32 heavy (non-hydrogen) atoms. The van der Waals surface area contributed by atoms with Gasteiger partial charge in [0.05, 0.1) is 12.0 Å². The number of carbonyl (C=O) groups excluding carboxylic acids is 1. The first-order valence-electron chi connectivity index (χ1n) is 11.4. The van der Waals surface area contributed by atoms with E-state index < -0.39 is 12.1 Å². The molecular weight excluding hydrogens is 428 g/mol. The smallest absolute Gasteiger partial charge is 0.225 e. The summed E-state index contributed by atoms with van der Waals surface area (Å²) in [6.45, 7) is 5.15. The quantitative estimate of drug-likeness (QED) is 0.657. The number of carbonyl (C=O) groups is 1. The minimum atomic E-state index is -0.827. The number of anilines is 1. The second-order valence-corrected chi connectivity index (χ2v) is 9.59. The van der Waals surface area contributed by atoms with Crippen LogP contribution in [0.4, 0.5) is 5.13 Å². The van der Waals surface area contributed by atoms with Gasteiger partial charge in [0.2, 0.25) is 5.91 Å². The second-order valence-electron chi connectivity index (χ2n) is 8.72. The van der Waals surface area contributed by atoms with Crippen molar-refractivity contribution in [3.63, 3.8) is 0 Å². The summed E-state index contributed by atoms with van der Waals surface area (Å²) in [4.78, 5) is 22.0. The molecule has 2 N–H and O–H groups in total. The third-order valence-electron chi connectivity index (χ3n) is 6.52. The fourth-order valence-electron chi connectivity index (χ4n) is 4.76. The van der Waals surface area contributed by atoms with Gasteiger partial charge in [-0.05, 0) is 50.0 Å². The minimum Gasteiger partial charge on any atom is -0.486 e. The van der Waals surface area contributed by atoms with Crippen LogP contribution in [0.15, 0.2) is 29.8 Å². The maximum absolute atomic E-state index is 13.2. The van der Waals surface area contributed by atoms with Crippen molar-refractivity contribution in [2.45, 2.75) is 31.4 Å². The molecule has 9 heteroatoms. The van der Waals surface area contributed by atoms with Crippen LogP contribution in [0.2, 0.25) is 0 Å². The molecule has 0 spiro atoms. The summed E-state index contributed by atoms with van der Waals surface area (Å²) in [6.07, 6.45) is 4.08. The van der Waals surface area contributed by atoms with E-state index in [1.807, 2.05) is 23.6 Å². The van der Waals surface area contributed by atoms with E-state index in [1.54, 1.807) is 17.5 Å². The fraction of sp³-hybridized carbons (Fsp3) is 0.565. The zero-order valence-electron chi connectivity index (χ0n) is 18.1. The molecule has 2 fully saturated rings. The lowest BCUT2D eigenvalue weighted by atomic mass is 9.99. The number of aliphatic hydroxyl groups is 1. The lowest BCUT2D eigenvalue weighted by Gasteiger charge is -2.30. The number of fused-ring (bicyclic) bond motifs is 1. The van der Waals surface area contributed by atoms with Crippen LogP contribution < -0.4 is 19.7 Å². The Morgan fingerprint density at radius 3 is 2.81 bits per heavy atom. The average molecular weight is 459 g/mol. The monoisotopic (exact) mass is 458 g/mol. The van der Waals surface area contributed by atoms with Crippen LogP contribution >= 0.6 is 11.3 Å². The molecule has 3 aliphatic rings. The van der Waals surface area contributed by atoms with Crippen LogP contribution in [0, 0.1) is 5.92 Å². The Labute approximate surface area is 192 Å². The molecule has 0 bridgehead atoms. The van der Waals surface area contributed by atoms with Crippen molar-refractivity contribution in [3.05, 3.63) is 35.3 Å². The molecule has 0 saturated carbocycles. The number of aromatic nitrogens is 1. The average Bonchev–Trinajstić information content (AvgIpc) is 3.60. The number of hydrogen-bond donors (Lipinski definition) is 2. The van der Waals surface area contributed by atoms with Crippen LogP contribution in [0.3, 0.4) is 0 Å². The Bertz CT molecular complexity index is 919. The van der Waals surface area contributed by atoms with Gasteiger partial charge in [-0.25, -0.2) is 4.98 Å². The molecule has 4 heterocycles. The van der Waals surface area contributed by atoms with Crippen molar-refractivity contribution in [2.24, 2.45) is 5.92 Å². The predicted molar refractivity (Wildman–Crippen MR) is 122 cm³/mol. The number of nitrogens with one attached hydrogen (secondary N) is 1. The number of thiazole rings is 1. The van der Waals surface area contributed by atoms with E-state index in [0.717, 1.165) is 49.6 Å². The standard InChI is InChI=1S/C23H30N4O4S/c28-21(16-3-4-19-20(13-16)31-11-10-30-19)18(15-26-7-1-2-8-26)25-22(29)17-5-9-27(14-17)23-24-6-12-32-23/h3-4,6,12-13,17-18,21,28H,1-2,5,7-11,14-15H2,(H,25,29)/t17-,18?,21?/m1/s1. The second kappa shape index (κ2) is 9.64. The van der Waals surface area contributed by atoms with Gasteiger partial charge in [-0.15, -0.1) is 11.3 Å². The van der Waals surface area contributed by atoms with Gasteiger partial charge in [-0.2, -0.15) is 0 Å². The van der Waals surface area contributed by atoms with Gasteiger partial charge in [0.1, 0.15) is 19.3 Å². The van der Waals surface area contributed by atoms with Crippen LogP contribution in [0.5, 0.6) is 11.5 Å². The number of amides is 1. The molecule has 8 nitrogen and oxygen atoms in total. The highest BCUT2D eigenvalue weighted by atomic mass is 32.1. The molecule has 2 unspecified atom stereocenters. The number of aliphatic hydroxyl groups excluding tert-OH is 1. The van der Waals surface area contributed by atoms with Crippen molar-refractivity contribution in [3.8, 4) is 11.5 Å². The Morgan fingerprint density at radius 1 is 1.22 bits per heavy atom. The SMILES string of the molecule is O=C(NC(CN1CCCC1)C(O)c1ccc2c(c1)OCCO2)[C@@H]1CCN(c2nccs2)C1. The first-order chi connectivity index (χ1) is 15.7. The summed E-state index contributed by atoms with van der Waals surface area (Å²) in [5.74, 6) is 1.24. The lowest BCUT2D eigenvalue weighted by molar-refractivity contribution is -0.126. The number of ether oxygens (including phenoxy) is 2. The van der Waals surface area contributed by atoms with Gasteiger partial charge in [-0.1, -0.05) is 6.07 Å². The number of nitrogens with zero attached hydrogens (tertiary/aromatic N) is 3. The van der Waals surface area contributed by atoms with Crippen LogP contribution in [0.25, 0.3) is 0 Å². The first kappa shape index (κ1) is 21.5. The molecule has 3 aliphatic heterocycles. The Balaban J connectivity index is 1.29. The van der Waals surface area contributed by atoms with Crippen molar-refractivity contribution >= 4 is 22.4 Å².